The quantitative estimate of drug-likeness (QED) is 0.686. The lowest BCUT2D eigenvalue weighted by atomic mass is 10.2. The number of rotatable bonds is 3. The van der Waals surface area contributed by atoms with E-state index in [1.807, 2.05) is 6.07 Å². The van der Waals surface area contributed by atoms with Crippen LogP contribution in [0.15, 0.2) is 41.0 Å². The fourth-order valence-corrected chi connectivity index (χ4v) is 1.84. The highest BCUT2D eigenvalue weighted by molar-refractivity contribution is 9.10. The number of hydrogen-bond acceptors (Lipinski definition) is 4. The van der Waals surface area contributed by atoms with Crippen LogP contribution in [0.25, 0.3) is 0 Å². The average molecular weight is 342 g/mol. The molecular formula is C13H10BrClN2O2. The summed E-state index contributed by atoms with van der Waals surface area (Å²) in [7, 11) is 0. The van der Waals surface area contributed by atoms with Crippen molar-refractivity contribution in [1.29, 1.82) is 0 Å². The van der Waals surface area contributed by atoms with Crippen LogP contribution in [-0.4, -0.2) is 11.0 Å². The molecule has 0 aliphatic rings. The van der Waals surface area contributed by atoms with Crippen LogP contribution in [0.4, 0.5) is 5.69 Å². The molecule has 0 unspecified atom stereocenters. The van der Waals surface area contributed by atoms with Gasteiger partial charge in [0.25, 0.3) is 0 Å². The number of esters is 1. The van der Waals surface area contributed by atoms with Crippen LogP contribution in [0, 0.1) is 0 Å². The van der Waals surface area contributed by atoms with E-state index in [1.165, 1.54) is 12.1 Å². The Bertz CT molecular complexity index is 602. The second kappa shape index (κ2) is 6.04. The summed E-state index contributed by atoms with van der Waals surface area (Å²) < 4.78 is 6.00. The zero-order valence-corrected chi connectivity index (χ0v) is 12.1. The van der Waals surface area contributed by atoms with Gasteiger partial charge in [-0.25, -0.2) is 4.79 Å². The summed E-state index contributed by atoms with van der Waals surface area (Å²) >= 11 is 9.04. The number of carbonyl (C=O) groups is 1. The molecule has 0 aliphatic heterocycles. The predicted octanol–water partition coefficient (Wildman–Crippen LogP) is 3.44. The number of anilines is 1. The minimum atomic E-state index is -0.501. The van der Waals surface area contributed by atoms with E-state index in [0.29, 0.717) is 22.0 Å². The number of ether oxygens (including phenoxy) is 1. The predicted molar refractivity (Wildman–Crippen MR) is 76.9 cm³/mol. The first-order chi connectivity index (χ1) is 9.06. The van der Waals surface area contributed by atoms with Crippen LogP contribution in [0.3, 0.4) is 0 Å². The van der Waals surface area contributed by atoms with Gasteiger partial charge in [0.05, 0.1) is 11.3 Å². The van der Waals surface area contributed by atoms with Gasteiger partial charge in [0.15, 0.2) is 0 Å². The minimum Gasteiger partial charge on any atom is -0.456 e. The van der Waals surface area contributed by atoms with Gasteiger partial charge in [0, 0.05) is 21.4 Å². The Labute approximate surface area is 123 Å². The lowest BCUT2D eigenvalue weighted by molar-refractivity contribution is 0.0469. The largest absolute Gasteiger partial charge is 0.456 e. The van der Waals surface area contributed by atoms with Gasteiger partial charge in [0.1, 0.15) is 6.61 Å². The Morgan fingerprint density at radius 2 is 2.16 bits per heavy atom. The maximum absolute atomic E-state index is 11.8. The number of pyridine rings is 1. The van der Waals surface area contributed by atoms with Gasteiger partial charge in [-0.1, -0.05) is 11.6 Å². The number of halogens is 2. The van der Waals surface area contributed by atoms with Gasteiger partial charge in [-0.2, -0.15) is 0 Å². The van der Waals surface area contributed by atoms with Crippen molar-refractivity contribution in [2.45, 2.75) is 6.61 Å². The summed E-state index contributed by atoms with van der Waals surface area (Å²) in [5.41, 5.74) is 6.95. The summed E-state index contributed by atoms with van der Waals surface area (Å²) in [4.78, 5) is 15.9. The first kappa shape index (κ1) is 13.8. The second-order valence-corrected chi connectivity index (χ2v) is 5.13. The van der Waals surface area contributed by atoms with Crippen molar-refractivity contribution in [3.05, 3.63) is 57.3 Å². The Hall–Kier alpha value is -1.59. The Balaban J connectivity index is 2.03. The second-order valence-electron chi connectivity index (χ2n) is 3.78. The topological polar surface area (TPSA) is 65.2 Å². The van der Waals surface area contributed by atoms with Crippen molar-refractivity contribution >= 4 is 39.2 Å². The smallest absolute Gasteiger partial charge is 0.340 e. The molecule has 19 heavy (non-hydrogen) atoms. The number of carbonyl (C=O) groups excluding carboxylic acids is 1. The van der Waals surface area contributed by atoms with Crippen molar-refractivity contribution in [3.8, 4) is 0 Å². The lowest BCUT2D eigenvalue weighted by Gasteiger charge is -2.07. The molecule has 4 nitrogen and oxygen atoms in total. The van der Waals surface area contributed by atoms with E-state index in [0.717, 1.165) is 4.47 Å². The maximum atomic E-state index is 11.8. The van der Waals surface area contributed by atoms with Crippen LogP contribution in [0.5, 0.6) is 0 Å². The molecule has 2 aromatic rings. The molecule has 6 heteroatoms. The number of hydrogen-bond donors (Lipinski definition) is 1. The summed E-state index contributed by atoms with van der Waals surface area (Å²) in [6.07, 6.45) is 1.64. The monoisotopic (exact) mass is 340 g/mol. The molecule has 1 aromatic heterocycles. The molecule has 0 spiro atoms. The van der Waals surface area contributed by atoms with Crippen molar-refractivity contribution in [2.75, 3.05) is 5.73 Å². The van der Waals surface area contributed by atoms with Crippen LogP contribution in [-0.2, 0) is 11.3 Å². The normalized spacial score (nSPS) is 10.2. The molecule has 0 amide bonds. The third-order valence-corrected chi connectivity index (χ3v) is 3.08. The van der Waals surface area contributed by atoms with E-state index in [4.69, 9.17) is 22.1 Å². The molecule has 0 radical (unpaired) electrons. The van der Waals surface area contributed by atoms with E-state index in [-0.39, 0.29) is 6.61 Å². The van der Waals surface area contributed by atoms with Gasteiger partial charge in [-0.3, -0.25) is 4.98 Å². The Morgan fingerprint density at radius 3 is 2.79 bits per heavy atom. The Morgan fingerprint density at radius 1 is 1.37 bits per heavy atom. The van der Waals surface area contributed by atoms with Crippen LogP contribution in [0.2, 0.25) is 5.02 Å². The van der Waals surface area contributed by atoms with E-state index >= 15 is 0 Å². The molecule has 2 N–H and O–H groups in total. The number of nitrogens with two attached hydrogens (primary N) is 1. The van der Waals surface area contributed by atoms with Crippen LogP contribution < -0.4 is 5.73 Å². The van der Waals surface area contributed by atoms with Gasteiger partial charge < -0.3 is 10.5 Å². The van der Waals surface area contributed by atoms with E-state index in [2.05, 4.69) is 20.9 Å². The number of nitrogen functional groups attached to an aromatic ring is 1. The highest BCUT2D eigenvalue weighted by atomic mass is 79.9. The summed E-state index contributed by atoms with van der Waals surface area (Å²) in [5, 5.41) is 0.476. The van der Waals surface area contributed by atoms with Gasteiger partial charge >= 0.3 is 5.97 Å². The first-order valence-corrected chi connectivity index (χ1v) is 6.56. The van der Waals surface area contributed by atoms with Gasteiger partial charge in [0.2, 0.25) is 0 Å². The molecule has 0 saturated heterocycles. The molecule has 1 aromatic carbocycles. The third kappa shape index (κ3) is 3.68. The molecule has 2 rings (SSSR count). The van der Waals surface area contributed by atoms with Crippen molar-refractivity contribution in [3.63, 3.8) is 0 Å². The molecule has 0 bridgehead atoms. The number of aromatic nitrogens is 1. The molecule has 0 fully saturated rings. The van der Waals surface area contributed by atoms with Gasteiger partial charge in [-0.15, -0.1) is 0 Å². The van der Waals surface area contributed by atoms with Crippen molar-refractivity contribution < 1.29 is 9.53 Å². The molecule has 0 saturated carbocycles. The molecule has 0 atom stereocenters. The zero-order valence-electron chi connectivity index (χ0n) is 9.77. The van der Waals surface area contributed by atoms with Gasteiger partial charge in [-0.05, 0) is 46.3 Å². The molecule has 98 valence electrons. The standard InChI is InChI=1S/C13H10BrClN2O2/c14-8-1-3-10(17-6-8)7-19-13(18)11-4-2-9(15)5-12(11)16/h1-6H,7,16H2. The zero-order chi connectivity index (χ0) is 13.8. The van der Waals surface area contributed by atoms with E-state index in [1.54, 1.807) is 18.3 Å². The minimum absolute atomic E-state index is 0.0914. The molecule has 0 aliphatic carbocycles. The fraction of sp³-hybridized carbons (Fsp3) is 0.0769. The number of nitrogens with zero attached hydrogens (tertiary/aromatic N) is 1. The third-order valence-electron chi connectivity index (χ3n) is 2.37. The van der Waals surface area contributed by atoms with Crippen LogP contribution in [0.1, 0.15) is 16.1 Å². The summed E-state index contributed by atoms with van der Waals surface area (Å²) in [6.45, 7) is 0.0914. The maximum Gasteiger partial charge on any atom is 0.340 e. The SMILES string of the molecule is Nc1cc(Cl)ccc1C(=O)OCc1ccc(Br)cn1. The van der Waals surface area contributed by atoms with Crippen molar-refractivity contribution in [1.82, 2.24) is 4.98 Å². The van der Waals surface area contributed by atoms with E-state index in [9.17, 15) is 4.79 Å². The van der Waals surface area contributed by atoms with E-state index < -0.39 is 5.97 Å². The Kier molecular flexibility index (Phi) is 4.39. The van der Waals surface area contributed by atoms with Crippen molar-refractivity contribution in [2.24, 2.45) is 0 Å². The number of benzene rings is 1. The van der Waals surface area contributed by atoms with Crippen LogP contribution >= 0.6 is 27.5 Å². The molecular weight excluding hydrogens is 332 g/mol. The fourth-order valence-electron chi connectivity index (χ4n) is 1.43. The summed E-state index contributed by atoms with van der Waals surface area (Å²) in [5.74, 6) is -0.501. The highest BCUT2D eigenvalue weighted by Gasteiger charge is 2.11. The lowest BCUT2D eigenvalue weighted by Crippen LogP contribution is -2.08. The average Bonchev–Trinajstić information content (AvgIpc) is 2.37. The molecule has 1 heterocycles. The highest BCUT2D eigenvalue weighted by Crippen LogP contribution is 2.19. The first-order valence-electron chi connectivity index (χ1n) is 5.39. The summed E-state index contributed by atoms with van der Waals surface area (Å²) in [6, 6.07) is 8.23.